The lowest BCUT2D eigenvalue weighted by Crippen LogP contribution is -2.07. The van der Waals surface area contributed by atoms with Gasteiger partial charge in [-0.1, -0.05) is 6.92 Å². The van der Waals surface area contributed by atoms with Crippen molar-refractivity contribution in [3.63, 3.8) is 0 Å². The van der Waals surface area contributed by atoms with Crippen molar-refractivity contribution < 1.29 is 14.8 Å². The maximum Gasteiger partial charge on any atom is 0.356 e. The molecule has 1 N–H and O–H groups in total. The summed E-state index contributed by atoms with van der Waals surface area (Å²) in [6, 6.07) is 1.27. The van der Waals surface area contributed by atoms with Crippen LogP contribution in [0, 0.1) is 10.1 Å². The zero-order valence-corrected chi connectivity index (χ0v) is 10.3. The fourth-order valence-electron chi connectivity index (χ4n) is 1.80. The first-order valence-electron chi connectivity index (χ1n) is 5.45. The standard InChI is InChI=1S/C10H11N5O4/c1-3-6-8(15(18)19)9(13(2)11-6)14-5-4-7(12-14)10(16)17/h4-5H,3H2,1-2H3,(H,16,17). The highest BCUT2D eigenvalue weighted by molar-refractivity contribution is 5.85. The minimum Gasteiger partial charge on any atom is -0.476 e. The van der Waals surface area contributed by atoms with Gasteiger partial charge < -0.3 is 5.11 Å². The molecule has 0 saturated carbocycles. The fraction of sp³-hybridized carbons (Fsp3) is 0.300. The van der Waals surface area contributed by atoms with Gasteiger partial charge in [0.05, 0.1) is 4.92 Å². The lowest BCUT2D eigenvalue weighted by Gasteiger charge is -2.00. The number of carboxylic acid groups (broad SMARTS) is 1. The van der Waals surface area contributed by atoms with Crippen molar-refractivity contribution in [1.82, 2.24) is 19.6 Å². The molecule has 2 heterocycles. The Labute approximate surface area is 107 Å². The molecule has 0 bridgehead atoms. The summed E-state index contributed by atoms with van der Waals surface area (Å²) in [4.78, 5) is 21.4. The van der Waals surface area contributed by atoms with Gasteiger partial charge in [0.2, 0.25) is 5.82 Å². The topological polar surface area (TPSA) is 116 Å². The Hall–Kier alpha value is -2.71. The van der Waals surface area contributed by atoms with Crippen LogP contribution in [0.4, 0.5) is 5.69 Å². The van der Waals surface area contributed by atoms with E-state index in [-0.39, 0.29) is 17.2 Å². The largest absolute Gasteiger partial charge is 0.476 e. The maximum atomic E-state index is 11.1. The molecule has 0 aliphatic rings. The second-order valence-electron chi connectivity index (χ2n) is 3.80. The molecule has 0 fully saturated rings. The van der Waals surface area contributed by atoms with Crippen molar-refractivity contribution in [2.75, 3.05) is 0 Å². The molecular weight excluding hydrogens is 254 g/mol. The molecule has 0 aliphatic carbocycles. The monoisotopic (exact) mass is 265 g/mol. The van der Waals surface area contributed by atoms with Gasteiger partial charge in [-0.05, 0) is 12.5 Å². The van der Waals surface area contributed by atoms with Gasteiger partial charge in [0.1, 0.15) is 5.69 Å². The Kier molecular flexibility index (Phi) is 3.03. The van der Waals surface area contributed by atoms with Crippen LogP contribution < -0.4 is 0 Å². The Morgan fingerprint density at radius 3 is 2.68 bits per heavy atom. The second-order valence-corrected chi connectivity index (χ2v) is 3.80. The van der Waals surface area contributed by atoms with E-state index in [1.54, 1.807) is 14.0 Å². The van der Waals surface area contributed by atoms with Gasteiger partial charge in [0.25, 0.3) is 0 Å². The van der Waals surface area contributed by atoms with Crippen LogP contribution in [0.2, 0.25) is 0 Å². The highest BCUT2D eigenvalue weighted by Crippen LogP contribution is 2.26. The summed E-state index contributed by atoms with van der Waals surface area (Å²) in [7, 11) is 1.55. The van der Waals surface area contributed by atoms with Gasteiger partial charge in [0.15, 0.2) is 5.69 Å². The molecule has 0 aromatic carbocycles. The quantitative estimate of drug-likeness (QED) is 0.644. The van der Waals surface area contributed by atoms with Crippen molar-refractivity contribution in [3.05, 3.63) is 33.8 Å². The predicted molar refractivity (Wildman–Crippen MR) is 63.3 cm³/mol. The van der Waals surface area contributed by atoms with E-state index in [1.165, 1.54) is 16.9 Å². The fourth-order valence-corrected chi connectivity index (χ4v) is 1.80. The van der Waals surface area contributed by atoms with Crippen molar-refractivity contribution in [2.24, 2.45) is 7.05 Å². The number of hydrogen-bond donors (Lipinski definition) is 1. The molecule has 2 rings (SSSR count). The van der Waals surface area contributed by atoms with Gasteiger partial charge in [-0.15, -0.1) is 0 Å². The average Bonchev–Trinajstić information content (AvgIpc) is 2.92. The highest BCUT2D eigenvalue weighted by atomic mass is 16.6. The maximum absolute atomic E-state index is 11.1. The molecule has 0 radical (unpaired) electrons. The lowest BCUT2D eigenvalue weighted by atomic mass is 10.3. The third-order valence-electron chi connectivity index (χ3n) is 2.61. The van der Waals surface area contributed by atoms with Crippen LogP contribution in [0.25, 0.3) is 5.82 Å². The molecule has 0 spiro atoms. The number of aromatic carboxylic acids is 1. The molecule has 0 amide bonds. The third-order valence-corrected chi connectivity index (χ3v) is 2.61. The van der Waals surface area contributed by atoms with E-state index in [2.05, 4.69) is 10.2 Å². The average molecular weight is 265 g/mol. The summed E-state index contributed by atoms with van der Waals surface area (Å²) in [5.74, 6) is -1.06. The Morgan fingerprint density at radius 2 is 2.21 bits per heavy atom. The van der Waals surface area contributed by atoms with Crippen molar-refractivity contribution in [3.8, 4) is 5.82 Å². The summed E-state index contributed by atoms with van der Waals surface area (Å²) < 4.78 is 2.46. The normalized spacial score (nSPS) is 10.6. The molecule has 100 valence electrons. The molecule has 9 nitrogen and oxygen atoms in total. The smallest absolute Gasteiger partial charge is 0.356 e. The first-order chi connectivity index (χ1) is 8.95. The van der Waals surface area contributed by atoms with E-state index in [0.29, 0.717) is 12.1 Å². The van der Waals surface area contributed by atoms with E-state index < -0.39 is 10.9 Å². The highest BCUT2D eigenvalue weighted by Gasteiger charge is 2.27. The minimum absolute atomic E-state index is 0.134. The molecule has 0 atom stereocenters. The number of carboxylic acids is 1. The molecule has 2 aromatic rings. The number of carbonyl (C=O) groups is 1. The van der Waals surface area contributed by atoms with Gasteiger partial charge in [-0.3, -0.25) is 10.1 Å². The molecule has 19 heavy (non-hydrogen) atoms. The number of hydrogen-bond acceptors (Lipinski definition) is 5. The molecule has 0 aliphatic heterocycles. The predicted octanol–water partition coefficient (Wildman–Crippen LogP) is 0.775. The summed E-state index contributed by atoms with van der Waals surface area (Å²) in [6.07, 6.45) is 1.75. The number of nitrogens with zero attached hydrogens (tertiary/aromatic N) is 5. The molecule has 9 heteroatoms. The zero-order valence-electron chi connectivity index (χ0n) is 10.3. The number of rotatable bonds is 4. The van der Waals surface area contributed by atoms with Crippen LogP contribution in [-0.2, 0) is 13.5 Å². The van der Waals surface area contributed by atoms with Crippen LogP contribution >= 0.6 is 0 Å². The molecular formula is C10H11N5O4. The third kappa shape index (κ3) is 2.05. The molecule has 0 unspecified atom stereocenters. The second kappa shape index (κ2) is 4.52. The van der Waals surface area contributed by atoms with Gasteiger partial charge in [0, 0.05) is 13.2 Å². The van der Waals surface area contributed by atoms with E-state index >= 15 is 0 Å². The van der Waals surface area contributed by atoms with Crippen LogP contribution in [0.1, 0.15) is 23.1 Å². The van der Waals surface area contributed by atoms with Crippen LogP contribution in [0.15, 0.2) is 12.3 Å². The van der Waals surface area contributed by atoms with E-state index in [4.69, 9.17) is 5.11 Å². The molecule has 2 aromatic heterocycles. The van der Waals surface area contributed by atoms with Crippen LogP contribution in [-0.4, -0.2) is 35.6 Å². The van der Waals surface area contributed by atoms with E-state index in [1.807, 2.05) is 0 Å². The minimum atomic E-state index is -1.20. The Morgan fingerprint density at radius 1 is 1.53 bits per heavy atom. The first-order valence-corrected chi connectivity index (χ1v) is 5.45. The Bertz CT molecular complexity index is 657. The molecule has 0 saturated heterocycles. The van der Waals surface area contributed by atoms with Gasteiger partial charge in [-0.2, -0.15) is 10.2 Å². The van der Waals surface area contributed by atoms with Crippen molar-refractivity contribution in [1.29, 1.82) is 0 Å². The zero-order chi connectivity index (χ0) is 14.2. The van der Waals surface area contributed by atoms with Crippen LogP contribution in [0.5, 0.6) is 0 Å². The summed E-state index contributed by atoms with van der Waals surface area (Å²) in [5, 5.41) is 27.8. The van der Waals surface area contributed by atoms with Crippen LogP contribution in [0.3, 0.4) is 0 Å². The SMILES string of the molecule is CCc1nn(C)c(-n2ccc(C(=O)O)n2)c1[N+](=O)[O-]. The Balaban J connectivity index is 2.63. The van der Waals surface area contributed by atoms with Crippen molar-refractivity contribution in [2.45, 2.75) is 13.3 Å². The lowest BCUT2D eigenvalue weighted by molar-refractivity contribution is -0.385. The summed E-state index contributed by atoms with van der Waals surface area (Å²) in [6.45, 7) is 1.75. The van der Waals surface area contributed by atoms with Gasteiger partial charge in [-0.25, -0.2) is 14.2 Å². The summed E-state index contributed by atoms with van der Waals surface area (Å²) >= 11 is 0. The van der Waals surface area contributed by atoms with Gasteiger partial charge >= 0.3 is 11.7 Å². The van der Waals surface area contributed by atoms with E-state index in [9.17, 15) is 14.9 Å². The number of nitro groups is 1. The van der Waals surface area contributed by atoms with Crippen molar-refractivity contribution >= 4 is 11.7 Å². The number of aromatic nitrogens is 4. The number of aryl methyl sites for hydroxylation is 2. The van der Waals surface area contributed by atoms with E-state index in [0.717, 1.165) is 4.68 Å². The summed E-state index contributed by atoms with van der Waals surface area (Å²) in [5.41, 5.74) is -0.0199. The first kappa shape index (κ1) is 12.7.